The Morgan fingerprint density at radius 1 is 0.560 bits per heavy atom. The number of benzene rings is 5. The molecule has 1 heterocycles. The minimum atomic E-state index is 0.0710. The monoisotopic (exact) mass is 669 g/mol. The van der Waals surface area contributed by atoms with Crippen LogP contribution in [0.25, 0.3) is 31.3 Å². The Morgan fingerprint density at radius 3 is 2.02 bits per heavy atom. The second-order valence-corrected chi connectivity index (χ2v) is 19.1. The van der Waals surface area contributed by atoms with Gasteiger partial charge in [0.2, 0.25) is 0 Å². The van der Waals surface area contributed by atoms with E-state index in [2.05, 4.69) is 136 Å². The van der Waals surface area contributed by atoms with Gasteiger partial charge in [-0.2, -0.15) is 0 Å². The average molecular weight is 670 g/mol. The van der Waals surface area contributed by atoms with Gasteiger partial charge >= 0.3 is 0 Å². The molecule has 1 nitrogen and oxygen atoms in total. The lowest BCUT2D eigenvalue weighted by Crippen LogP contribution is -2.55. The Hall–Kier alpha value is -3.88. The summed E-state index contributed by atoms with van der Waals surface area (Å²) in [5, 5.41) is 2.72. The van der Waals surface area contributed by atoms with Gasteiger partial charge in [-0.1, -0.05) is 100 Å². The van der Waals surface area contributed by atoms with Crippen LogP contribution in [-0.2, 0) is 16.2 Å². The van der Waals surface area contributed by atoms with Gasteiger partial charge in [-0.3, -0.25) is 0 Å². The summed E-state index contributed by atoms with van der Waals surface area (Å²) in [5.41, 5.74) is 13.6. The molecule has 5 aromatic carbocycles. The smallest absolute Gasteiger partial charge is 0.0640 e. The lowest BCUT2D eigenvalue weighted by atomic mass is 9.43. The third kappa shape index (κ3) is 3.84. The molecule has 2 heteroatoms. The molecular formula is C48H47NS. The fourth-order valence-corrected chi connectivity index (χ4v) is 13.7. The van der Waals surface area contributed by atoms with Crippen molar-refractivity contribution in [1.29, 1.82) is 0 Å². The zero-order chi connectivity index (χ0) is 33.6. The van der Waals surface area contributed by atoms with Crippen LogP contribution < -0.4 is 4.90 Å². The van der Waals surface area contributed by atoms with Gasteiger partial charge in [0.15, 0.2) is 0 Å². The van der Waals surface area contributed by atoms with Crippen LogP contribution in [0.4, 0.5) is 17.1 Å². The molecule has 0 aliphatic heterocycles. The highest BCUT2D eigenvalue weighted by Gasteiger charge is 2.61. The zero-order valence-corrected chi connectivity index (χ0v) is 30.7. The number of nitrogens with zero attached hydrogens (tertiary/aromatic N) is 1. The molecular weight excluding hydrogens is 623 g/mol. The van der Waals surface area contributed by atoms with Crippen molar-refractivity contribution in [1.82, 2.24) is 0 Å². The van der Waals surface area contributed by atoms with Gasteiger partial charge in [0, 0.05) is 26.6 Å². The minimum Gasteiger partial charge on any atom is -0.309 e. The fourth-order valence-electron chi connectivity index (χ4n) is 12.5. The Balaban J connectivity index is 1.19. The molecule has 1 aromatic heterocycles. The SMILES string of the molecule is CC1(C)CCC(C)(C)c2c(N(c3ccc4c(c3)-c3ccccc3C43C4CC5CC(C4)CC3C5)c3cccc4c3sc3ccccc34)cccc21. The van der Waals surface area contributed by atoms with E-state index in [1.165, 1.54) is 104 Å². The topological polar surface area (TPSA) is 3.24 Å². The van der Waals surface area contributed by atoms with Gasteiger partial charge in [-0.15, -0.1) is 11.3 Å². The summed E-state index contributed by atoms with van der Waals surface area (Å²) in [6, 6.07) is 40.5. The molecule has 250 valence electrons. The van der Waals surface area contributed by atoms with Gasteiger partial charge in [0.05, 0.1) is 16.1 Å². The molecule has 4 bridgehead atoms. The maximum Gasteiger partial charge on any atom is 0.0640 e. The summed E-state index contributed by atoms with van der Waals surface area (Å²) >= 11 is 1.95. The third-order valence-corrected chi connectivity index (χ3v) is 15.7. The fraction of sp³-hybridized carbons (Fsp3) is 0.375. The molecule has 0 N–H and O–H groups in total. The van der Waals surface area contributed by atoms with Crippen molar-refractivity contribution in [3.63, 3.8) is 0 Å². The van der Waals surface area contributed by atoms with E-state index in [9.17, 15) is 0 Å². The lowest BCUT2D eigenvalue weighted by Gasteiger charge is -2.61. The van der Waals surface area contributed by atoms with Gasteiger partial charge in [0.1, 0.15) is 0 Å². The first-order valence-electron chi connectivity index (χ1n) is 19.3. The van der Waals surface area contributed by atoms with Crippen molar-refractivity contribution < 1.29 is 0 Å². The number of rotatable bonds is 3. The summed E-state index contributed by atoms with van der Waals surface area (Å²) in [5.74, 6) is 3.46. The van der Waals surface area contributed by atoms with Crippen LogP contribution in [0.15, 0.2) is 103 Å². The predicted octanol–water partition coefficient (Wildman–Crippen LogP) is 13.6. The normalized spacial score (nSPS) is 27.8. The average Bonchev–Trinajstić information content (AvgIpc) is 3.64. The van der Waals surface area contributed by atoms with E-state index in [0.29, 0.717) is 0 Å². The predicted molar refractivity (Wildman–Crippen MR) is 213 cm³/mol. The maximum absolute atomic E-state index is 2.67. The summed E-state index contributed by atoms with van der Waals surface area (Å²) < 4.78 is 2.73. The van der Waals surface area contributed by atoms with E-state index < -0.39 is 0 Å². The maximum atomic E-state index is 2.67. The Labute approximate surface area is 301 Å². The molecule has 1 spiro atoms. The van der Waals surface area contributed by atoms with Crippen LogP contribution >= 0.6 is 11.3 Å². The van der Waals surface area contributed by atoms with Gasteiger partial charge in [-0.05, 0) is 143 Å². The van der Waals surface area contributed by atoms with Crippen LogP contribution in [0.2, 0.25) is 0 Å². The molecule has 4 saturated carbocycles. The van der Waals surface area contributed by atoms with Crippen LogP contribution in [0.1, 0.15) is 94.9 Å². The first-order valence-corrected chi connectivity index (χ1v) is 20.1. The number of thiophene rings is 1. The number of anilines is 3. The molecule has 0 atom stereocenters. The second-order valence-electron chi connectivity index (χ2n) is 18.0. The molecule has 0 saturated heterocycles. The molecule has 0 radical (unpaired) electrons. The first-order chi connectivity index (χ1) is 24.2. The summed E-state index contributed by atoms with van der Waals surface area (Å²) in [6.07, 6.45) is 9.57. The zero-order valence-electron chi connectivity index (χ0n) is 29.9. The molecule has 0 unspecified atom stereocenters. The standard InChI is InChI=1S/C48H47NS/c1-46(2)21-22-47(3,4)44-40(46)15-10-16-41(44)49(42-17-9-13-36-35-12-6-8-18-43(35)50-45(36)42)33-19-20-39-37(28-33)34-11-5-7-14-38(34)48(39)31-24-29-23-30(26-31)27-32(48)25-29/h5-20,28-32H,21-27H2,1-4H3. The van der Waals surface area contributed by atoms with E-state index in [-0.39, 0.29) is 16.2 Å². The van der Waals surface area contributed by atoms with Crippen LogP contribution in [0.5, 0.6) is 0 Å². The highest BCUT2D eigenvalue weighted by atomic mass is 32.1. The van der Waals surface area contributed by atoms with Crippen molar-refractivity contribution in [3.8, 4) is 11.1 Å². The molecule has 50 heavy (non-hydrogen) atoms. The highest BCUT2D eigenvalue weighted by Crippen LogP contribution is 2.69. The van der Waals surface area contributed by atoms with Crippen molar-refractivity contribution in [2.24, 2.45) is 23.7 Å². The third-order valence-electron chi connectivity index (χ3n) is 14.5. The quantitative estimate of drug-likeness (QED) is 0.181. The van der Waals surface area contributed by atoms with E-state index in [0.717, 1.165) is 23.7 Å². The Bertz CT molecular complexity index is 2340. The number of fused-ring (bicyclic) bond motifs is 7. The molecule has 6 aliphatic carbocycles. The summed E-state index contributed by atoms with van der Waals surface area (Å²) in [7, 11) is 0. The highest BCUT2D eigenvalue weighted by molar-refractivity contribution is 7.26. The van der Waals surface area contributed by atoms with E-state index in [1.54, 1.807) is 11.1 Å². The van der Waals surface area contributed by atoms with Crippen molar-refractivity contribution in [2.45, 2.75) is 88.9 Å². The summed E-state index contributed by atoms with van der Waals surface area (Å²) in [6.45, 7) is 9.88. The van der Waals surface area contributed by atoms with Crippen molar-refractivity contribution in [3.05, 3.63) is 125 Å². The second kappa shape index (κ2) is 10.1. The van der Waals surface area contributed by atoms with Crippen LogP contribution in [0, 0.1) is 23.7 Å². The Morgan fingerprint density at radius 2 is 1.20 bits per heavy atom. The van der Waals surface area contributed by atoms with Crippen LogP contribution in [-0.4, -0.2) is 0 Å². The minimum absolute atomic E-state index is 0.0710. The summed E-state index contributed by atoms with van der Waals surface area (Å²) in [4.78, 5) is 2.67. The molecule has 6 aromatic rings. The van der Waals surface area contributed by atoms with E-state index in [1.807, 2.05) is 11.3 Å². The molecule has 4 fully saturated rings. The molecule has 12 rings (SSSR count). The van der Waals surface area contributed by atoms with Crippen molar-refractivity contribution >= 4 is 48.6 Å². The number of hydrogen-bond donors (Lipinski definition) is 0. The molecule has 0 amide bonds. The van der Waals surface area contributed by atoms with E-state index in [4.69, 9.17) is 0 Å². The largest absolute Gasteiger partial charge is 0.309 e. The first kappa shape index (κ1) is 29.8. The molecule has 6 aliphatic rings. The van der Waals surface area contributed by atoms with Crippen LogP contribution in [0.3, 0.4) is 0 Å². The van der Waals surface area contributed by atoms with Crippen molar-refractivity contribution in [2.75, 3.05) is 4.90 Å². The Kier molecular flexibility index (Phi) is 6.04. The van der Waals surface area contributed by atoms with E-state index >= 15 is 0 Å². The van der Waals surface area contributed by atoms with Gasteiger partial charge in [-0.25, -0.2) is 0 Å². The number of hydrogen-bond acceptors (Lipinski definition) is 2. The van der Waals surface area contributed by atoms with Gasteiger partial charge < -0.3 is 4.90 Å². The lowest BCUT2D eigenvalue weighted by molar-refractivity contribution is -0.0399. The van der Waals surface area contributed by atoms with Gasteiger partial charge in [0.25, 0.3) is 0 Å².